The molecule has 1 aliphatic rings. The van der Waals surface area contributed by atoms with Crippen LogP contribution in [0.2, 0.25) is 0 Å². The van der Waals surface area contributed by atoms with Crippen molar-refractivity contribution in [3.05, 3.63) is 0 Å². The molecule has 1 rings (SSSR count). The lowest BCUT2D eigenvalue weighted by atomic mass is 10.2. The summed E-state index contributed by atoms with van der Waals surface area (Å²) in [6, 6.07) is 0.542. The third-order valence-electron chi connectivity index (χ3n) is 2.47. The summed E-state index contributed by atoms with van der Waals surface area (Å²) in [5, 5.41) is 0. The molecule has 0 bridgehead atoms. The van der Waals surface area contributed by atoms with Crippen LogP contribution in [-0.2, 0) is 9.53 Å². The molecule has 0 unspecified atom stereocenters. The van der Waals surface area contributed by atoms with Gasteiger partial charge in [-0.1, -0.05) is 0 Å². The standard InChI is InChI=1S/C12H23N3O2/c1-12(2,3)17-10(16)7-8-14-11(13)15(4)9-5-6-9/h9H,5-8H2,1-4H3,(H2,13,14). The first kappa shape index (κ1) is 13.8. The number of ether oxygens (including phenoxy) is 1. The monoisotopic (exact) mass is 241 g/mol. The summed E-state index contributed by atoms with van der Waals surface area (Å²) < 4.78 is 5.18. The van der Waals surface area contributed by atoms with E-state index < -0.39 is 5.60 Å². The fourth-order valence-corrected chi connectivity index (χ4v) is 1.41. The highest BCUT2D eigenvalue weighted by atomic mass is 16.6. The zero-order valence-electron chi connectivity index (χ0n) is 11.2. The van der Waals surface area contributed by atoms with E-state index in [1.165, 1.54) is 12.8 Å². The van der Waals surface area contributed by atoms with Crippen LogP contribution in [0.25, 0.3) is 0 Å². The van der Waals surface area contributed by atoms with Gasteiger partial charge in [-0.15, -0.1) is 0 Å². The maximum absolute atomic E-state index is 11.4. The first-order valence-electron chi connectivity index (χ1n) is 6.04. The van der Waals surface area contributed by atoms with Crippen molar-refractivity contribution in [2.45, 2.75) is 51.7 Å². The van der Waals surface area contributed by atoms with Crippen LogP contribution in [0.1, 0.15) is 40.0 Å². The molecule has 0 atom stereocenters. The zero-order valence-corrected chi connectivity index (χ0v) is 11.2. The van der Waals surface area contributed by atoms with Gasteiger partial charge in [0.1, 0.15) is 5.60 Å². The van der Waals surface area contributed by atoms with Crippen molar-refractivity contribution in [1.29, 1.82) is 0 Å². The first-order valence-corrected chi connectivity index (χ1v) is 6.04. The molecule has 5 nitrogen and oxygen atoms in total. The SMILES string of the molecule is CN(C(N)=NCCC(=O)OC(C)(C)C)C1CC1. The summed E-state index contributed by atoms with van der Waals surface area (Å²) in [7, 11) is 1.93. The van der Waals surface area contributed by atoms with Gasteiger partial charge in [-0.3, -0.25) is 9.79 Å². The van der Waals surface area contributed by atoms with Gasteiger partial charge in [0.2, 0.25) is 0 Å². The van der Waals surface area contributed by atoms with Crippen molar-refractivity contribution in [2.24, 2.45) is 10.7 Å². The van der Waals surface area contributed by atoms with E-state index in [0.717, 1.165) is 0 Å². The molecule has 0 aromatic heterocycles. The molecule has 0 heterocycles. The van der Waals surface area contributed by atoms with Gasteiger partial charge >= 0.3 is 5.97 Å². The van der Waals surface area contributed by atoms with Gasteiger partial charge in [0.25, 0.3) is 0 Å². The number of carbonyl (C=O) groups is 1. The third-order valence-corrected chi connectivity index (χ3v) is 2.47. The number of hydrogen-bond acceptors (Lipinski definition) is 3. The molecule has 98 valence electrons. The third kappa shape index (κ3) is 5.56. The summed E-state index contributed by atoms with van der Waals surface area (Å²) >= 11 is 0. The predicted molar refractivity (Wildman–Crippen MR) is 67.7 cm³/mol. The second-order valence-corrected chi connectivity index (χ2v) is 5.42. The van der Waals surface area contributed by atoms with Crippen LogP contribution in [0.15, 0.2) is 4.99 Å². The van der Waals surface area contributed by atoms with Crippen LogP contribution in [0.4, 0.5) is 0 Å². The highest BCUT2D eigenvalue weighted by Crippen LogP contribution is 2.24. The lowest BCUT2D eigenvalue weighted by Gasteiger charge is -2.19. The number of esters is 1. The van der Waals surface area contributed by atoms with Crippen LogP contribution in [0.3, 0.4) is 0 Å². The molecular formula is C12H23N3O2. The summed E-state index contributed by atoms with van der Waals surface area (Å²) in [5.41, 5.74) is 5.36. The Morgan fingerprint density at radius 1 is 1.47 bits per heavy atom. The Hall–Kier alpha value is -1.26. The lowest BCUT2D eigenvalue weighted by Crippen LogP contribution is -2.36. The number of nitrogens with zero attached hydrogens (tertiary/aromatic N) is 2. The molecule has 1 fully saturated rings. The van der Waals surface area contributed by atoms with Gasteiger partial charge in [0.05, 0.1) is 13.0 Å². The molecule has 5 heteroatoms. The van der Waals surface area contributed by atoms with E-state index in [1.807, 2.05) is 32.7 Å². The quantitative estimate of drug-likeness (QED) is 0.455. The van der Waals surface area contributed by atoms with Gasteiger partial charge in [0, 0.05) is 13.1 Å². The fraction of sp³-hybridized carbons (Fsp3) is 0.833. The number of nitrogens with two attached hydrogens (primary N) is 1. The van der Waals surface area contributed by atoms with Gasteiger partial charge in [-0.2, -0.15) is 0 Å². The molecule has 0 saturated heterocycles. The topological polar surface area (TPSA) is 67.9 Å². The lowest BCUT2D eigenvalue weighted by molar-refractivity contribution is -0.154. The normalized spacial score (nSPS) is 16.8. The molecule has 17 heavy (non-hydrogen) atoms. The Morgan fingerprint density at radius 2 is 2.06 bits per heavy atom. The number of aliphatic imine (C=N–C) groups is 1. The minimum Gasteiger partial charge on any atom is -0.460 e. The molecule has 0 spiro atoms. The molecule has 0 amide bonds. The van der Waals surface area contributed by atoms with Crippen LogP contribution >= 0.6 is 0 Å². The minimum absolute atomic E-state index is 0.233. The highest BCUT2D eigenvalue weighted by molar-refractivity contribution is 5.79. The number of hydrogen-bond donors (Lipinski definition) is 1. The molecule has 2 N–H and O–H groups in total. The van der Waals surface area contributed by atoms with E-state index in [1.54, 1.807) is 0 Å². The fourth-order valence-electron chi connectivity index (χ4n) is 1.41. The Bertz CT molecular complexity index is 303. The molecule has 1 aliphatic carbocycles. The van der Waals surface area contributed by atoms with Crippen molar-refractivity contribution in [3.63, 3.8) is 0 Å². The predicted octanol–water partition coefficient (Wildman–Crippen LogP) is 1.13. The van der Waals surface area contributed by atoms with Crippen LogP contribution in [0.5, 0.6) is 0 Å². The van der Waals surface area contributed by atoms with Gasteiger partial charge in [0.15, 0.2) is 5.96 Å². The number of rotatable bonds is 4. The Morgan fingerprint density at radius 3 is 2.53 bits per heavy atom. The Labute approximate surface area is 103 Å². The maximum Gasteiger partial charge on any atom is 0.308 e. The van der Waals surface area contributed by atoms with E-state index >= 15 is 0 Å². The molecule has 0 aromatic carbocycles. The first-order chi connectivity index (χ1) is 7.79. The second-order valence-electron chi connectivity index (χ2n) is 5.42. The molecular weight excluding hydrogens is 218 g/mol. The Kier molecular flexibility index (Phi) is 4.37. The second kappa shape index (κ2) is 5.38. The largest absolute Gasteiger partial charge is 0.460 e. The average molecular weight is 241 g/mol. The van der Waals surface area contributed by atoms with Crippen molar-refractivity contribution < 1.29 is 9.53 Å². The van der Waals surface area contributed by atoms with Crippen LogP contribution < -0.4 is 5.73 Å². The number of guanidine groups is 1. The summed E-state index contributed by atoms with van der Waals surface area (Å²) in [5.74, 6) is 0.277. The minimum atomic E-state index is -0.433. The van der Waals surface area contributed by atoms with Crippen LogP contribution in [-0.4, -0.2) is 42.1 Å². The molecule has 1 saturated carbocycles. The van der Waals surface area contributed by atoms with Gasteiger partial charge in [-0.25, -0.2) is 0 Å². The van der Waals surface area contributed by atoms with E-state index in [9.17, 15) is 4.79 Å². The van der Waals surface area contributed by atoms with E-state index in [-0.39, 0.29) is 12.4 Å². The van der Waals surface area contributed by atoms with Crippen molar-refractivity contribution in [1.82, 2.24) is 4.90 Å². The summed E-state index contributed by atoms with van der Waals surface area (Å²) in [6.45, 7) is 5.94. The average Bonchev–Trinajstić information content (AvgIpc) is 2.96. The highest BCUT2D eigenvalue weighted by Gasteiger charge is 2.27. The van der Waals surface area contributed by atoms with Crippen LogP contribution in [0, 0.1) is 0 Å². The molecule has 0 radical (unpaired) electrons. The Balaban J connectivity index is 2.26. The maximum atomic E-state index is 11.4. The van der Waals surface area contributed by atoms with Gasteiger partial charge < -0.3 is 15.4 Å². The summed E-state index contributed by atoms with van der Waals surface area (Å²) in [6.07, 6.45) is 2.63. The summed E-state index contributed by atoms with van der Waals surface area (Å²) in [4.78, 5) is 17.6. The molecule has 0 aromatic rings. The van der Waals surface area contributed by atoms with E-state index in [4.69, 9.17) is 10.5 Å². The molecule has 0 aliphatic heterocycles. The van der Waals surface area contributed by atoms with E-state index in [2.05, 4.69) is 4.99 Å². The van der Waals surface area contributed by atoms with Gasteiger partial charge in [-0.05, 0) is 33.6 Å². The smallest absolute Gasteiger partial charge is 0.308 e. The van der Waals surface area contributed by atoms with E-state index in [0.29, 0.717) is 18.5 Å². The zero-order chi connectivity index (χ0) is 13.1. The van der Waals surface area contributed by atoms with Crippen molar-refractivity contribution in [2.75, 3.05) is 13.6 Å². The number of carbonyl (C=O) groups excluding carboxylic acids is 1. The van der Waals surface area contributed by atoms with Crippen molar-refractivity contribution >= 4 is 11.9 Å². The van der Waals surface area contributed by atoms with Crippen molar-refractivity contribution in [3.8, 4) is 0 Å².